The van der Waals surface area contributed by atoms with Crippen molar-refractivity contribution in [2.24, 2.45) is 0 Å². The summed E-state index contributed by atoms with van der Waals surface area (Å²) >= 11 is 9.46. The minimum Gasteiger partial charge on any atom is -0.324 e. The topological polar surface area (TPSA) is 35.6 Å². The van der Waals surface area contributed by atoms with Gasteiger partial charge in [-0.25, -0.2) is 0 Å². The van der Waals surface area contributed by atoms with Gasteiger partial charge in [-0.05, 0) is 31.2 Å². The van der Waals surface area contributed by atoms with Crippen molar-refractivity contribution in [2.75, 3.05) is 44.6 Å². The molecule has 0 spiro atoms. The van der Waals surface area contributed by atoms with Crippen LogP contribution in [0.1, 0.15) is 13.3 Å². The molecule has 1 fully saturated rings. The van der Waals surface area contributed by atoms with Gasteiger partial charge in [0.05, 0.1) is 17.3 Å². The third-order valence-corrected chi connectivity index (χ3v) is 4.38. The normalized spacial score (nSPS) is 16.9. The number of nitrogens with one attached hydrogen (secondary N) is 1. The average Bonchev–Trinajstić information content (AvgIpc) is 2.44. The zero-order valence-electron chi connectivity index (χ0n) is 12.2. The maximum atomic E-state index is 12.1. The number of halogens is 2. The Balaban J connectivity index is 1.80. The van der Waals surface area contributed by atoms with Crippen molar-refractivity contribution >= 4 is 39.1 Å². The molecule has 1 heterocycles. The van der Waals surface area contributed by atoms with Crippen molar-refractivity contribution in [1.82, 2.24) is 9.80 Å². The number of piperazine rings is 1. The van der Waals surface area contributed by atoms with Crippen LogP contribution in [0.5, 0.6) is 0 Å². The molecule has 0 saturated carbocycles. The second kappa shape index (κ2) is 8.13. The van der Waals surface area contributed by atoms with Crippen molar-refractivity contribution < 1.29 is 4.79 Å². The smallest absolute Gasteiger partial charge is 0.238 e. The predicted molar refractivity (Wildman–Crippen MR) is 91.0 cm³/mol. The molecule has 0 bridgehead atoms. The number of amides is 1. The van der Waals surface area contributed by atoms with Crippen molar-refractivity contribution in [3.8, 4) is 0 Å². The van der Waals surface area contributed by atoms with Crippen LogP contribution in [0.25, 0.3) is 0 Å². The van der Waals surface area contributed by atoms with E-state index in [0.717, 1.165) is 37.2 Å². The Labute approximate surface area is 139 Å². The Hall–Kier alpha value is -0.620. The molecule has 116 valence electrons. The molecule has 1 aromatic rings. The van der Waals surface area contributed by atoms with Gasteiger partial charge in [-0.15, -0.1) is 0 Å². The van der Waals surface area contributed by atoms with Crippen LogP contribution in [0.15, 0.2) is 22.7 Å². The standard InChI is InChI=1S/C15H21BrClN3O/c1-2-5-19-6-8-20(9-7-19)11-15(21)18-14-4-3-12(16)10-13(14)17/h3-4,10H,2,5-9,11H2,1H3,(H,18,21). The average molecular weight is 375 g/mol. The number of carbonyl (C=O) groups is 1. The number of hydrogen-bond acceptors (Lipinski definition) is 3. The number of rotatable bonds is 5. The molecule has 0 aliphatic carbocycles. The second-order valence-electron chi connectivity index (χ2n) is 5.29. The summed E-state index contributed by atoms with van der Waals surface area (Å²) in [4.78, 5) is 16.7. The van der Waals surface area contributed by atoms with E-state index in [4.69, 9.17) is 11.6 Å². The Morgan fingerprint density at radius 2 is 1.95 bits per heavy atom. The third-order valence-electron chi connectivity index (χ3n) is 3.58. The number of nitrogens with zero attached hydrogens (tertiary/aromatic N) is 2. The van der Waals surface area contributed by atoms with Crippen LogP contribution in [-0.4, -0.2) is 55.0 Å². The van der Waals surface area contributed by atoms with Crippen LogP contribution in [-0.2, 0) is 4.79 Å². The third kappa shape index (κ3) is 5.25. The summed E-state index contributed by atoms with van der Waals surface area (Å²) in [6, 6.07) is 5.45. The number of benzene rings is 1. The van der Waals surface area contributed by atoms with Crippen LogP contribution in [0, 0.1) is 0 Å². The minimum atomic E-state index is -0.0110. The van der Waals surface area contributed by atoms with Gasteiger partial charge in [0.15, 0.2) is 0 Å². The predicted octanol–water partition coefficient (Wildman–Crippen LogP) is 3.07. The zero-order valence-corrected chi connectivity index (χ0v) is 14.6. The van der Waals surface area contributed by atoms with E-state index in [1.165, 1.54) is 6.42 Å². The van der Waals surface area contributed by atoms with Crippen LogP contribution < -0.4 is 5.32 Å². The molecule has 6 heteroatoms. The summed E-state index contributed by atoms with van der Waals surface area (Å²) in [7, 11) is 0. The number of carbonyl (C=O) groups excluding carboxylic acids is 1. The molecular formula is C15H21BrClN3O. The Bertz CT molecular complexity index is 490. The fourth-order valence-corrected chi connectivity index (χ4v) is 3.19. The van der Waals surface area contributed by atoms with Crippen LogP contribution in [0.2, 0.25) is 5.02 Å². The highest BCUT2D eigenvalue weighted by molar-refractivity contribution is 9.10. The first-order chi connectivity index (χ1) is 10.1. The highest BCUT2D eigenvalue weighted by atomic mass is 79.9. The lowest BCUT2D eigenvalue weighted by Crippen LogP contribution is -2.48. The van der Waals surface area contributed by atoms with Crippen LogP contribution in [0.3, 0.4) is 0 Å². The molecule has 21 heavy (non-hydrogen) atoms. The van der Waals surface area contributed by atoms with E-state index >= 15 is 0 Å². The molecule has 1 N–H and O–H groups in total. The fourth-order valence-electron chi connectivity index (χ4n) is 2.47. The minimum absolute atomic E-state index is 0.0110. The van der Waals surface area contributed by atoms with Gasteiger partial charge in [0.25, 0.3) is 0 Å². The maximum Gasteiger partial charge on any atom is 0.238 e. The van der Waals surface area contributed by atoms with Crippen molar-refractivity contribution in [3.05, 3.63) is 27.7 Å². The molecule has 2 rings (SSSR count). The van der Waals surface area contributed by atoms with E-state index < -0.39 is 0 Å². The monoisotopic (exact) mass is 373 g/mol. The first-order valence-electron chi connectivity index (χ1n) is 7.28. The number of anilines is 1. The molecule has 1 saturated heterocycles. The number of hydrogen-bond donors (Lipinski definition) is 1. The lowest BCUT2D eigenvalue weighted by atomic mass is 10.3. The van der Waals surface area contributed by atoms with Gasteiger partial charge >= 0.3 is 0 Å². The Morgan fingerprint density at radius 3 is 2.57 bits per heavy atom. The molecule has 1 aliphatic rings. The van der Waals surface area contributed by atoms with Crippen molar-refractivity contribution in [1.29, 1.82) is 0 Å². The summed E-state index contributed by atoms with van der Waals surface area (Å²) in [5.41, 5.74) is 0.662. The molecule has 0 unspecified atom stereocenters. The van der Waals surface area contributed by atoms with Gasteiger partial charge in [-0.1, -0.05) is 34.5 Å². The molecule has 0 radical (unpaired) electrons. The first-order valence-corrected chi connectivity index (χ1v) is 8.45. The summed E-state index contributed by atoms with van der Waals surface area (Å²) in [5.74, 6) is -0.0110. The SMILES string of the molecule is CCCN1CCN(CC(=O)Nc2ccc(Br)cc2Cl)CC1. The van der Waals surface area contributed by atoms with Crippen molar-refractivity contribution in [3.63, 3.8) is 0 Å². The van der Waals surface area contributed by atoms with Crippen LogP contribution >= 0.6 is 27.5 Å². The second-order valence-corrected chi connectivity index (χ2v) is 6.61. The first kappa shape index (κ1) is 16.7. The highest BCUT2D eigenvalue weighted by Gasteiger charge is 2.18. The van der Waals surface area contributed by atoms with E-state index in [0.29, 0.717) is 17.3 Å². The quantitative estimate of drug-likeness (QED) is 0.860. The van der Waals surface area contributed by atoms with Gasteiger partial charge in [0.1, 0.15) is 0 Å². The lowest BCUT2D eigenvalue weighted by molar-refractivity contribution is -0.117. The Morgan fingerprint density at radius 1 is 1.29 bits per heavy atom. The molecule has 1 amide bonds. The van der Waals surface area contributed by atoms with E-state index in [-0.39, 0.29) is 5.91 Å². The largest absolute Gasteiger partial charge is 0.324 e. The van der Waals surface area contributed by atoms with E-state index in [9.17, 15) is 4.79 Å². The molecule has 1 aliphatic heterocycles. The maximum absolute atomic E-state index is 12.1. The van der Waals surface area contributed by atoms with E-state index in [2.05, 4.69) is 38.0 Å². The fraction of sp³-hybridized carbons (Fsp3) is 0.533. The van der Waals surface area contributed by atoms with Gasteiger partial charge in [0, 0.05) is 30.7 Å². The summed E-state index contributed by atoms with van der Waals surface area (Å²) < 4.78 is 0.901. The molecule has 1 aromatic carbocycles. The van der Waals surface area contributed by atoms with Gasteiger partial charge in [0.2, 0.25) is 5.91 Å². The Kier molecular flexibility index (Phi) is 6.48. The van der Waals surface area contributed by atoms with E-state index in [1.54, 1.807) is 6.07 Å². The summed E-state index contributed by atoms with van der Waals surface area (Å²) in [6.07, 6.45) is 1.18. The van der Waals surface area contributed by atoms with Gasteiger partial charge in [-0.3, -0.25) is 9.69 Å². The summed E-state index contributed by atoms with van der Waals surface area (Å²) in [5, 5.41) is 3.42. The van der Waals surface area contributed by atoms with E-state index in [1.807, 2.05) is 12.1 Å². The van der Waals surface area contributed by atoms with Crippen molar-refractivity contribution in [2.45, 2.75) is 13.3 Å². The van der Waals surface area contributed by atoms with Gasteiger partial charge in [-0.2, -0.15) is 0 Å². The lowest BCUT2D eigenvalue weighted by Gasteiger charge is -2.34. The molecule has 0 aromatic heterocycles. The van der Waals surface area contributed by atoms with Crippen LogP contribution in [0.4, 0.5) is 5.69 Å². The summed E-state index contributed by atoms with van der Waals surface area (Å²) in [6.45, 7) is 7.74. The molecule has 0 atom stereocenters. The zero-order chi connectivity index (χ0) is 15.2. The molecular weight excluding hydrogens is 354 g/mol. The molecule has 4 nitrogen and oxygen atoms in total. The highest BCUT2D eigenvalue weighted by Crippen LogP contribution is 2.25. The van der Waals surface area contributed by atoms with Gasteiger partial charge < -0.3 is 10.2 Å².